The van der Waals surface area contributed by atoms with Gasteiger partial charge in [0.1, 0.15) is 5.60 Å². The number of carbonyl (C=O) groups is 1. The average molecular weight is 416 g/mol. The van der Waals surface area contributed by atoms with Crippen molar-refractivity contribution in [1.29, 1.82) is 0 Å². The van der Waals surface area contributed by atoms with Gasteiger partial charge in [-0.25, -0.2) is 0 Å². The van der Waals surface area contributed by atoms with E-state index in [9.17, 15) is 9.90 Å². The summed E-state index contributed by atoms with van der Waals surface area (Å²) in [5.41, 5.74) is 5.43. The first-order valence-corrected chi connectivity index (χ1v) is 11.7. The molecule has 0 unspecified atom stereocenters. The molecular formula is C28H33NO2. The molecule has 5 rings (SSSR count). The zero-order valence-electron chi connectivity index (χ0n) is 18.9. The summed E-state index contributed by atoms with van der Waals surface area (Å²) in [5.74, 6) is 4.18. The van der Waals surface area contributed by atoms with E-state index in [-0.39, 0.29) is 17.1 Å². The molecule has 1 N–H and O–H groups in total. The van der Waals surface area contributed by atoms with Gasteiger partial charge in [-0.3, -0.25) is 4.79 Å². The SMILES string of the molecule is C#C[C@@]1(O)CC[C@H]2[C@@H]3CCC4=CC(=O)CCC4=C3[C@@H](c3ccc(N(C)C)cc3)C[C@]21C. The highest BCUT2D eigenvalue weighted by molar-refractivity contribution is 5.93. The number of allylic oxidation sites excluding steroid dienone is 4. The van der Waals surface area contributed by atoms with Crippen LogP contribution in [0.25, 0.3) is 0 Å². The lowest BCUT2D eigenvalue weighted by Gasteiger charge is -2.53. The number of rotatable bonds is 2. The van der Waals surface area contributed by atoms with Crippen molar-refractivity contribution >= 4 is 11.5 Å². The van der Waals surface area contributed by atoms with Crippen molar-refractivity contribution in [2.24, 2.45) is 17.3 Å². The Labute approximate surface area is 186 Å². The molecule has 4 aliphatic carbocycles. The minimum Gasteiger partial charge on any atom is -0.378 e. The van der Waals surface area contributed by atoms with Gasteiger partial charge in [-0.1, -0.05) is 30.6 Å². The highest BCUT2D eigenvalue weighted by atomic mass is 16.3. The van der Waals surface area contributed by atoms with E-state index in [1.54, 1.807) is 5.57 Å². The van der Waals surface area contributed by atoms with Crippen molar-refractivity contribution in [1.82, 2.24) is 0 Å². The van der Waals surface area contributed by atoms with E-state index in [4.69, 9.17) is 6.42 Å². The molecule has 2 fully saturated rings. The van der Waals surface area contributed by atoms with Crippen LogP contribution in [0.3, 0.4) is 0 Å². The Bertz CT molecular complexity index is 1020. The van der Waals surface area contributed by atoms with Gasteiger partial charge in [0.15, 0.2) is 5.78 Å². The summed E-state index contributed by atoms with van der Waals surface area (Å²) in [6.07, 6.45) is 13.9. The minimum atomic E-state index is -1.03. The molecule has 0 spiro atoms. The summed E-state index contributed by atoms with van der Waals surface area (Å²) in [5, 5.41) is 11.5. The largest absolute Gasteiger partial charge is 0.378 e. The Morgan fingerprint density at radius 1 is 1.13 bits per heavy atom. The standard InChI is InChI=1S/C28H33NO2/c1-5-28(31)15-14-25-23-12-8-19-16-21(30)11-13-22(19)26(23)24(17-27(25,28)2)18-6-9-20(10-7-18)29(3)4/h1,6-7,9-10,16,23-25,31H,8,11-15,17H2,2-4H3/t23-,24+,25-,27+,28+/m0/s1. The van der Waals surface area contributed by atoms with Gasteiger partial charge in [0.05, 0.1) is 0 Å². The number of fused-ring (bicyclic) bond motifs is 4. The third-order valence-electron chi connectivity index (χ3n) is 8.94. The van der Waals surface area contributed by atoms with Crippen LogP contribution in [0.5, 0.6) is 0 Å². The molecule has 1 aromatic rings. The fraction of sp³-hybridized carbons (Fsp3) is 0.536. The molecule has 5 atom stereocenters. The second-order valence-electron chi connectivity index (χ2n) is 10.5. The second kappa shape index (κ2) is 7.10. The molecule has 2 saturated carbocycles. The Kier molecular flexibility index (Phi) is 4.72. The van der Waals surface area contributed by atoms with Crippen LogP contribution < -0.4 is 4.90 Å². The van der Waals surface area contributed by atoms with Crippen molar-refractivity contribution in [3.8, 4) is 12.3 Å². The van der Waals surface area contributed by atoms with Gasteiger partial charge in [-0.2, -0.15) is 0 Å². The molecule has 0 amide bonds. The molecule has 31 heavy (non-hydrogen) atoms. The van der Waals surface area contributed by atoms with E-state index in [0.717, 1.165) is 32.1 Å². The highest BCUT2D eigenvalue weighted by Crippen LogP contribution is 2.66. The van der Waals surface area contributed by atoms with E-state index in [1.807, 2.05) is 6.08 Å². The van der Waals surface area contributed by atoms with Crippen LogP contribution >= 0.6 is 0 Å². The molecule has 162 valence electrons. The summed E-state index contributed by atoms with van der Waals surface area (Å²) in [4.78, 5) is 14.2. The molecule has 0 aliphatic heterocycles. The van der Waals surface area contributed by atoms with E-state index < -0.39 is 5.60 Å². The van der Waals surface area contributed by atoms with Crippen LogP contribution in [-0.4, -0.2) is 30.6 Å². The number of nitrogens with zero attached hydrogens (tertiary/aromatic N) is 1. The molecule has 4 aliphatic rings. The summed E-state index contributed by atoms with van der Waals surface area (Å²) < 4.78 is 0. The molecule has 1 aromatic carbocycles. The quantitative estimate of drug-likeness (QED) is 0.690. The number of aliphatic hydroxyl groups is 1. The van der Waals surface area contributed by atoms with E-state index in [0.29, 0.717) is 24.7 Å². The maximum absolute atomic E-state index is 12.1. The van der Waals surface area contributed by atoms with Gasteiger partial charge in [0.2, 0.25) is 0 Å². The topological polar surface area (TPSA) is 40.5 Å². The molecule has 0 heterocycles. The highest BCUT2D eigenvalue weighted by Gasteiger charge is 2.62. The number of terminal acetylenes is 1. The van der Waals surface area contributed by atoms with Crippen molar-refractivity contribution in [2.75, 3.05) is 19.0 Å². The number of hydrogen-bond acceptors (Lipinski definition) is 3. The predicted molar refractivity (Wildman–Crippen MR) is 125 cm³/mol. The van der Waals surface area contributed by atoms with E-state index in [1.165, 1.54) is 22.4 Å². The maximum atomic E-state index is 12.1. The predicted octanol–water partition coefficient (Wildman–Crippen LogP) is 5.02. The van der Waals surface area contributed by atoms with Gasteiger partial charge in [-0.05, 0) is 85.3 Å². The van der Waals surface area contributed by atoms with Crippen molar-refractivity contribution in [3.63, 3.8) is 0 Å². The third-order valence-corrected chi connectivity index (χ3v) is 8.94. The number of ketones is 1. The van der Waals surface area contributed by atoms with Gasteiger partial charge in [0, 0.05) is 37.5 Å². The second-order valence-corrected chi connectivity index (χ2v) is 10.5. The minimum absolute atomic E-state index is 0.243. The zero-order valence-corrected chi connectivity index (χ0v) is 18.9. The lowest BCUT2D eigenvalue weighted by molar-refractivity contribution is -0.114. The summed E-state index contributed by atoms with van der Waals surface area (Å²) >= 11 is 0. The first kappa shape index (κ1) is 20.6. The van der Waals surface area contributed by atoms with Gasteiger partial charge >= 0.3 is 0 Å². The Balaban J connectivity index is 1.67. The summed E-state index contributed by atoms with van der Waals surface area (Å²) in [7, 11) is 4.12. The van der Waals surface area contributed by atoms with Crippen LogP contribution in [-0.2, 0) is 4.79 Å². The molecular weight excluding hydrogens is 382 g/mol. The molecule has 0 radical (unpaired) electrons. The van der Waals surface area contributed by atoms with Crippen LogP contribution in [0, 0.1) is 29.6 Å². The van der Waals surface area contributed by atoms with E-state index >= 15 is 0 Å². The lowest BCUT2D eigenvalue weighted by atomic mass is 9.51. The van der Waals surface area contributed by atoms with Gasteiger partial charge in [0.25, 0.3) is 0 Å². The summed E-state index contributed by atoms with van der Waals surface area (Å²) in [6.45, 7) is 2.24. The fourth-order valence-corrected chi connectivity index (χ4v) is 7.21. The molecule has 0 saturated heterocycles. The first-order chi connectivity index (χ1) is 14.8. The maximum Gasteiger partial charge on any atom is 0.156 e. The van der Waals surface area contributed by atoms with Crippen molar-refractivity contribution in [2.45, 2.75) is 63.4 Å². The smallest absolute Gasteiger partial charge is 0.156 e. The van der Waals surface area contributed by atoms with Crippen LogP contribution in [0.15, 0.2) is 47.1 Å². The van der Waals surface area contributed by atoms with Crippen molar-refractivity contribution < 1.29 is 9.90 Å². The molecule has 0 bridgehead atoms. The van der Waals surface area contributed by atoms with E-state index in [2.05, 4.69) is 56.1 Å². The monoisotopic (exact) mass is 415 g/mol. The number of hydrogen-bond donors (Lipinski definition) is 1. The normalized spacial score (nSPS) is 36.8. The van der Waals surface area contributed by atoms with Crippen LogP contribution in [0.1, 0.15) is 63.4 Å². The zero-order chi connectivity index (χ0) is 22.0. The van der Waals surface area contributed by atoms with Gasteiger partial charge in [-0.15, -0.1) is 6.42 Å². The molecule has 3 heteroatoms. The first-order valence-electron chi connectivity index (χ1n) is 11.7. The number of anilines is 1. The third kappa shape index (κ3) is 2.95. The van der Waals surface area contributed by atoms with Gasteiger partial charge < -0.3 is 10.0 Å². The fourth-order valence-electron chi connectivity index (χ4n) is 7.21. The van der Waals surface area contributed by atoms with Crippen LogP contribution in [0.2, 0.25) is 0 Å². The Hall–Kier alpha value is -2.31. The average Bonchev–Trinajstić information content (AvgIpc) is 3.04. The lowest BCUT2D eigenvalue weighted by Crippen LogP contribution is -2.50. The Morgan fingerprint density at radius 2 is 1.87 bits per heavy atom. The number of carbonyl (C=O) groups excluding carboxylic acids is 1. The summed E-state index contributed by atoms with van der Waals surface area (Å²) in [6, 6.07) is 8.89. The number of benzene rings is 1. The Morgan fingerprint density at radius 3 is 2.55 bits per heavy atom. The molecule has 0 aromatic heterocycles. The van der Waals surface area contributed by atoms with Crippen molar-refractivity contribution in [3.05, 3.63) is 52.6 Å². The van der Waals surface area contributed by atoms with Crippen LogP contribution in [0.4, 0.5) is 5.69 Å². The molecule has 3 nitrogen and oxygen atoms in total.